The Morgan fingerprint density at radius 2 is 1.88 bits per heavy atom. The number of fused-ring (bicyclic) bond motifs is 1. The summed E-state index contributed by atoms with van der Waals surface area (Å²) in [4.78, 5) is 39.6. The first-order valence-corrected chi connectivity index (χ1v) is 7.96. The summed E-state index contributed by atoms with van der Waals surface area (Å²) in [5.74, 6) is -0.727. The van der Waals surface area contributed by atoms with Crippen molar-refractivity contribution in [2.24, 2.45) is 0 Å². The van der Waals surface area contributed by atoms with Crippen molar-refractivity contribution in [1.29, 1.82) is 0 Å². The molecule has 2 aromatic heterocycles. The number of nitrogens with one attached hydrogen (secondary N) is 1. The Labute approximate surface area is 149 Å². The van der Waals surface area contributed by atoms with E-state index in [0.717, 1.165) is 5.56 Å². The van der Waals surface area contributed by atoms with Crippen LogP contribution < -0.4 is 10.9 Å². The van der Waals surface area contributed by atoms with Gasteiger partial charge in [-0.25, -0.2) is 9.78 Å². The number of esters is 1. The first kappa shape index (κ1) is 17.3. The topological polar surface area (TPSA) is 89.8 Å². The van der Waals surface area contributed by atoms with E-state index in [9.17, 15) is 14.4 Å². The van der Waals surface area contributed by atoms with Gasteiger partial charge >= 0.3 is 5.97 Å². The smallest absolute Gasteiger partial charge is 0.338 e. The van der Waals surface area contributed by atoms with Crippen LogP contribution in [0.25, 0.3) is 5.65 Å². The molecule has 0 atom stereocenters. The van der Waals surface area contributed by atoms with Crippen LogP contribution in [0.15, 0.2) is 53.5 Å². The number of benzene rings is 1. The number of amides is 1. The van der Waals surface area contributed by atoms with E-state index in [1.54, 1.807) is 36.5 Å². The summed E-state index contributed by atoms with van der Waals surface area (Å²) < 4.78 is 6.66. The average molecular weight is 351 g/mol. The maximum atomic E-state index is 12.1. The van der Waals surface area contributed by atoms with Crippen molar-refractivity contribution < 1.29 is 14.3 Å². The van der Waals surface area contributed by atoms with Gasteiger partial charge in [-0.3, -0.25) is 14.0 Å². The molecule has 1 amide bonds. The van der Waals surface area contributed by atoms with Crippen LogP contribution in [0.4, 0.5) is 5.69 Å². The zero-order chi connectivity index (χ0) is 18.7. The lowest BCUT2D eigenvalue weighted by atomic mass is 10.2. The Morgan fingerprint density at radius 1 is 1.15 bits per heavy atom. The van der Waals surface area contributed by atoms with E-state index < -0.39 is 5.97 Å². The molecule has 0 fully saturated rings. The zero-order valence-corrected chi connectivity index (χ0v) is 14.4. The number of carbonyl (C=O) groups excluding carboxylic acids is 2. The molecule has 7 nitrogen and oxygen atoms in total. The second-order valence-corrected chi connectivity index (χ2v) is 5.85. The van der Waals surface area contributed by atoms with Gasteiger partial charge in [0.25, 0.3) is 5.56 Å². The number of carbonyl (C=O) groups is 2. The monoisotopic (exact) mass is 351 g/mol. The maximum absolute atomic E-state index is 12.1. The number of nitrogens with zero attached hydrogens (tertiary/aromatic N) is 2. The van der Waals surface area contributed by atoms with Crippen LogP contribution in [0.5, 0.6) is 0 Å². The molecule has 7 heteroatoms. The van der Waals surface area contributed by atoms with Crippen molar-refractivity contribution in [1.82, 2.24) is 9.38 Å². The highest BCUT2D eigenvalue weighted by Gasteiger charge is 2.10. The SMILES string of the molecule is CC(=O)Nc1ccc(C(=O)OCc2cc(=O)n3ccc(C)cc3n2)cc1. The van der Waals surface area contributed by atoms with E-state index in [0.29, 0.717) is 22.6 Å². The van der Waals surface area contributed by atoms with Gasteiger partial charge in [0.1, 0.15) is 12.3 Å². The number of rotatable bonds is 4. The Kier molecular flexibility index (Phi) is 4.79. The fourth-order valence-electron chi connectivity index (χ4n) is 2.44. The van der Waals surface area contributed by atoms with Gasteiger partial charge in [-0.15, -0.1) is 0 Å². The number of hydrogen-bond acceptors (Lipinski definition) is 5. The third kappa shape index (κ3) is 3.94. The summed E-state index contributed by atoms with van der Waals surface area (Å²) in [7, 11) is 0. The molecule has 1 aromatic carbocycles. The maximum Gasteiger partial charge on any atom is 0.338 e. The molecular weight excluding hydrogens is 334 g/mol. The summed E-state index contributed by atoms with van der Waals surface area (Å²) in [6, 6.07) is 11.3. The molecule has 0 unspecified atom stereocenters. The molecule has 0 aliphatic carbocycles. The van der Waals surface area contributed by atoms with Gasteiger partial charge in [0.15, 0.2) is 0 Å². The molecule has 0 radical (unpaired) electrons. The van der Waals surface area contributed by atoms with Gasteiger partial charge in [0.05, 0.1) is 11.3 Å². The first-order chi connectivity index (χ1) is 12.4. The lowest BCUT2D eigenvalue weighted by Crippen LogP contribution is -2.16. The lowest BCUT2D eigenvalue weighted by molar-refractivity contribution is -0.114. The van der Waals surface area contributed by atoms with Gasteiger partial charge < -0.3 is 10.1 Å². The fourth-order valence-corrected chi connectivity index (χ4v) is 2.44. The molecular formula is C19H17N3O4. The molecule has 132 valence electrons. The van der Waals surface area contributed by atoms with Crippen molar-refractivity contribution in [3.63, 3.8) is 0 Å². The van der Waals surface area contributed by atoms with Crippen LogP contribution in [0, 0.1) is 6.92 Å². The molecule has 0 aliphatic rings. The van der Waals surface area contributed by atoms with Crippen molar-refractivity contribution in [3.05, 3.63) is 75.8 Å². The number of ether oxygens (including phenoxy) is 1. The van der Waals surface area contributed by atoms with Crippen molar-refractivity contribution >= 4 is 23.2 Å². The Morgan fingerprint density at radius 3 is 2.58 bits per heavy atom. The van der Waals surface area contributed by atoms with Crippen LogP contribution in [0.1, 0.15) is 28.5 Å². The van der Waals surface area contributed by atoms with Crippen LogP contribution in [-0.2, 0) is 16.1 Å². The zero-order valence-electron chi connectivity index (χ0n) is 14.4. The number of aromatic nitrogens is 2. The van der Waals surface area contributed by atoms with Crippen molar-refractivity contribution in [3.8, 4) is 0 Å². The lowest BCUT2D eigenvalue weighted by Gasteiger charge is -2.07. The van der Waals surface area contributed by atoms with Gasteiger partial charge in [0, 0.05) is 24.9 Å². The highest BCUT2D eigenvalue weighted by atomic mass is 16.5. The van der Waals surface area contributed by atoms with E-state index in [1.807, 2.05) is 13.0 Å². The summed E-state index contributed by atoms with van der Waals surface area (Å²) in [6.45, 7) is 3.21. The summed E-state index contributed by atoms with van der Waals surface area (Å²) in [5.41, 5.74) is 2.55. The molecule has 1 N–H and O–H groups in total. The molecule has 0 bridgehead atoms. The molecule has 0 saturated carbocycles. The molecule has 0 saturated heterocycles. The quantitative estimate of drug-likeness (QED) is 0.729. The van der Waals surface area contributed by atoms with Crippen LogP contribution in [0.3, 0.4) is 0 Å². The Bertz CT molecular complexity index is 1040. The third-order valence-electron chi connectivity index (χ3n) is 3.67. The normalized spacial score (nSPS) is 10.5. The number of pyridine rings is 1. The van der Waals surface area contributed by atoms with Gasteiger partial charge in [-0.2, -0.15) is 0 Å². The Balaban J connectivity index is 1.72. The van der Waals surface area contributed by atoms with E-state index in [4.69, 9.17) is 4.74 Å². The highest BCUT2D eigenvalue weighted by Crippen LogP contribution is 2.11. The molecule has 0 spiro atoms. The second kappa shape index (κ2) is 7.18. The van der Waals surface area contributed by atoms with Gasteiger partial charge in [-0.05, 0) is 48.9 Å². The van der Waals surface area contributed by atoms with E-state index in [2.05, 4.69) is 10.3 Å². The summed E-state index contributed by atoms with van der Waals surface area (Å²) in [6.07, 6.45) is 1.66. The molecule has 26 heavy (non-hydrogen) atoms. The van der Waals surface area contributed by atoms with Crippen LogP contribution in [0.2, 0.25) is 0 Å². The second-order valence-electron chi connectivity index (χ2n) is 5.85. The minimum atomic E-state index is -0.536. The average Bonchev–Trinajstić information content (AvgIpc) is 2.59. The first-order valence-electron chi connectivity index (χ1n) is 7.96. The minimum Gasteiger partial charge on any atom is -0.456 e. The predicted octanol–water partition coefficient (Wildman–Crippen LogP) is 2.32. The Hall–Kier alpha value is -3.48. The standard InChI is InChI=1S/C19H17N3O4/c1-12-7-8-22-17(9-12)21-16(10-18(22)24)11-26-19(25)14-3-5-15(6-4-14)20-13(2)23/h3-10H,11H2,1-2H3,(H,20,23). The highest BCUT2D eigenvalue weighted by molar-refractivity contribution is 5.92. The molecule has 2 heterocycles. The third-order valence-corrected chi connectivity index (χ3v) is 3.67. The summed E-state index contributed by atoms with van der Waals surface area (Å²) in [5, 5.41) is 2.62. The van der Waals surface area contributed by atoms with Crippen molar-refractivity contribution in [2.75, 3.05) is 5.32 Å². The molecule has 0 aliphatic heterocycles. The minimum absolute atomic E-state index is 0.105. The van der Waals surface area contributed by atoms with E-state index in [1.165, 1.54) is 17.4 Å². The summed E-state index contributed by atoms with van der Waals surface area (Å²) >= 11 is 0. The van der Waals surface area contributed by atoms with Crippen LogP contribution >= 0.6 is 0 Å². The number of aryl methyl sites for hydroxylation is 1. The molecule has 3 aromatic rings. The number of hydrogen-bond donors (Lipinski definition) is 1. The van der Waals surface area contributed by atoms with E-state index >= 15 is 0 Å². The van der Waals surface area contributed by atoms with E-state index in [-0.39, 0.29) is 18.1 Å². The number of anilines is 1. The van der Waals surface area contributed by atoms with Gasteiger partial charge in [0.2, 0.25) is 5.91 Å². The van der Waals surface area contributed by atoms with Crippen LogP contribution in [-0.4, -0.2) is 21.3 Å². The van der Waals surface area contributed by atoms with Gasteiger partial charge in [-0.1, -0.05) is 0 Å². The fraction of sp³-hybridized carbons (Fsp3) is 0.158. The largest absolute Gasteiger partial charge is 0.456 e. The predicted molar refractivity (Wildman–Crippen MR) is 96.1 cm³/mol. The van der Waals surface area contributed by atoms with Crippen molar-refractivity contribution in [2.45, 2.75) is 20.5 Å². The molecule has 3 rings (SSSR count).